The topological polar surface area (TPSA) is 101 Å². The first-order valence-corrected chi connectivity index (χ1v) is 6.69. The van der Waals surface area contributed by atoms with Crippen LogP contribution in [0.3, 0.4) is 0 Å². The molecule has 1 aromatic rings. The number of carbonyl (C=O) groups excluding carboxylic acids is 1. The molecule has 0 spiro atoms. The van der Waals surface area contributed by atoms with E-state index < -0.39 is 22.5 Å². The van der Waals surface area contributed by atoms with Crippen molar-refractivity contribution in [2.24, 2.45) is 5.92 Å². The van der Waals surface area contributed by atoms with Crippen molar-refractivity contribution in [3.63, 3.8) is 0 Å². The molecule has 9 heteroatoms. The summed E-state index contributed by atoms with van der Waals surface area (Å²) in [4.78, 5) is 34.2. The summed E-state index contributed by atoms with van der Waals surface area (Å²) in [5.41, 5.74) is -0.375. The van der Waals surface area contributed by atoms with Crippen LogP contribution in [0.15, 0.2) is 12.1 Å². The maximum absolute atomic E-state index is 12.2. The van der Waals surface area contributed by atoms with Gasteiger partial charge in [0.1, 0.15) is 5.02 Å². The number of carboxylic acids is 1. The van der Waals surface area contributed by atoms with Gasteiger partial charge in [-0.05, 0) is 6.07 Å². The van der Waals surface area contributed by atoms with Crippen LogP contribution in [-0.2, 0) is 4.79 Å². The van der Waals surface area contributed by atoms with Gasteiger partial charge in [-0.15, -0.1) is 0 Å². The van der Waals surface area contributed by atoms with Gasteiger partial charge in [0, 0.05) is 30.6 Å². The molecule has 0 aliphatic carbocycles. The lowest BCUT2D eigenvalue weighted by Gasteiger charge is -2.38. The van der Waals surface area contributed by atoms with Gasteiger partial charge in [0.2, 0.25) is 0 Å². The zero-order chi connectivity index (χ0) is 15.7. The van der Waals surface area contributed by atoms with Crippen molar-refractivity contribution in [3.8, 4) is 0 Å². The average Bonchev–Trinajstić information content (AvgIpc) is 2.35. The molecule has 0 aromatic heterocycles. The Labute approximate surface area is 129 Å². The van der Waals surface area contributed by atoms with E-state index in [4.69, 9.17) is 28.3 Å². The highest BCUT2D eigenvalue weighted by Gasteiger charge is 2.33. The molecule has 7 nitrogen and oxygen atoms in total. The summed E-state index contributed by atoms with van der Waals surface area (Å²) in [5.74, 6) is -1.44. The minimum absolute atomic E-state index is 0.00863. The Hall–Kier alpha value is -1.86. The molecule has 1 aromatic carbocycles. The number of hydrogen-bond acceptors (Lipinski definition) is 4. The van der Waals surface area contributed by atoms with E-state index in [9.17, 15) is 19.7 Å². The van der Waals surface area contributed by atoms with Crippen LogP contribution in [0, 0.1) is 16.0 Å². The van der Waals surface area contributed by atoms with Crippen molar-refractivity contribution in [1.29, 1.82) is 0 Å². The van der Waals surface area contributed by atoms with E-state index >= 15 is 0 Å². The maximum atomic E-state index is 12.2. The summed E-state index contributed by atoms with van der Waals surface area (Å²) in [6, 6.07) is 2.34. The molecule has 1 aliphatic heterocycles. The Morgan fingerprint density at radius 3 is 2.52 bits per heavy atom. The third-order valence-electron chi connectivity index (χ3n) is 3.16. The Bertz CT molecular complexity index is 628. The molecule has 0 atom stereocenters. The predicted molar refractivity (Wildman–Crippen MR) is 74.8 cm³/mol. The van der Waals surface area contributed by atoms with Crippen LogP contribution < -0.4 is 0 Å². The van der Waals surface area contributed by atoms with Crippen molar-refractivity contribution in [2.45, 2.75) is 6.42 Å². The lowest BCUT2D eigenvalue weighted by Crippen LogP contribution is -2.50. The fourth-order valence-electron chi connectivity index (χ4n) is 2.13. The Morgan fingerprint density at radius 1 is 1.38 bits per heavy atom. The highest BCUT2D eigenvalue weighted by atomic mass is 35.5. The molecular formula is C12H10Cl2N2O5. The lowest BCUT2D eigenvalue weighted by molar-refractivity contribution is -0.384. The molecule has 112 valence electrons. The third kappa shape index (κ3) is 3.25. The largest absolute Gasteiger partial charge is 0.481 e. The number of nitro benzene ring substituents is 1. The van der Waals surface area contributed by atoms with Gasteiger partial charge in [0.05, 0.1) is 16.4 Å². The zero-order valence-corrected chi connectivity index (χ0v) is 12.1. The van der Waals surface area contributed by atoms with Gasteiger partial charge in [0.15, 0.2) is 0 Å². The van der Waals surface area contributed by atoms with E-state index in [1.54, 1.807) is 0 Å². The molecule has 0 unspecified atom stereocenters. The van der Waals surface area contributed by atoms with Crippen LogP contribution in [0.5, 0.6) is 0 Å². The van der Waals surface area contributed by atoms with E-state index in [1.165, 1.54) is 11.0 Å². The number of carbonyl (C=O) groups is 2. The van der Waals surface area contributed by atoms with Crippen LogP contribution in [0.4, 0.5) is 5.69 Å². The number of nitrogens with zero attached hydrogens (tertiary/aromatic N) is 2. The van der Waals surface area contributed by atoms with Gasteiger partial charge in [-0.3, -0.25) is 19.7 Å². The minimum Gasteiger partial charge on any atom is -0.481 e. The number of carboxylic acid groups (broad SMARTS) is 1. The second kappa shape index (κ2) is 5.87. The second-order valence-electron chi connectivity index (χ2n) is 4.72. The minimum atomic E-state index is -0.919. The zero-order valence-electron chi connectivity index (χ0n) is 10.6. The average molecular weight is 333 g/mol. The maximum Gasteiger partial charge on any atom is 0.303 e. The van der Waals surface area contributed by atoms with Gasteiger partial charge in [-0.2, -0.15) is 0 Å². The van der Waals surface area contributed by atoms with Crippen molar-refractivity contribution in [3.05, 3.63) is 37.9 Å². The van der Waals surface area contributed by atoms with E-state index in [2.05, 4.69) is 0 Å². The van der Waals surface area contributed by atoms with Crippen molar-refractivity contribution < 1.29 is 19.6 Å². The Morgan fingerprint density at radius 2 is 2.00 bits per heavy atom. The first kappa shape index (κ1) is 15.5. The summed E-state index contributed by atoms with van der Waals surface area (Å²) >= 11 is 11.5. The fourth-order valence-corrected chi connectivity index (χ4v) is 2.52. The lowest BCUT2D eigenvalue weighted by atomic mass is 9.95. The van der Waals surface area contributed by atoms with Crippen LogP contribution >= 0.6 is 23.2 Å². The highest BCUT2D eigenvalue weighted by Crippen LogP contribution is 2.34. The van der Waals surface area contributed by atoms with E-state index in [0.29, 0.717) is 13.1 Å². The molecule has 1 saturated heterocycles. The summed E-state index contributed by atoms with van der Waals surface area (Å²) in [7, 11) is 0. The van der Waals surface area contributed by atoms with Crippen molar-refractivity contribution in [2.75, 3.05) is 13.1 Å². The summed E-state index contributed by atoms with van der Waals surface area (Å²) < 4.78 is 0. The molecular weight excluding hydrogens is 323 g/mol. The molecule has 2 rings (SSSR count). The standard InChI is InChI=1S/C12H10Cl2N2O5/c13-8-2-7(3-9(11(8)14)16(20)21)12(19)15-4-6(5-15)1-10(17)18/h2-3,6H,1,4-5H2,(H,17,18). The molecule has 1 N–H and O–H groups in total. The van der Waals surface area contributed by atoms with Crippen molar-refractivity contribution >= 4 is 40.8 Å². The number of benzene rings is 1. The quantitative estimate of drug-likeness (QED) is 0.674. The first-order chi connectivity index (χ1) is 9.79. The van der Waals surface area contributed by atoms with Crippen LogP contribution in [0.1, 0.15) is 16.8 Å². The van der Waals surface area contributed by atoms with Crippen LogP contribution in [0.25, 0.3) is 0 Å². The molecule has 0 saturated carbocycles. The summed E-state index contributed by atoms with van der Waals surface area (Å²) in [6.07, 6.45) is -0.00863. The number of rotatable bonds is 4. The van der Waals surface area contributed by atoms with Gasteiger partial charge in [-0.25, -0.2) is 0 Å². The molecule has 0 radical (unpaired) electrons. The Balaban J connectivity index is 2.14. The van der Waals surface area contributed by atoms with Gasteiger partial charge >= 0.3 is 5.97 Å². The monoisotopic (exact) mass is 332 g/mol. The SMILES string of the molecule is O=C(O)CC1CN(C(=O)c2cc(Cl)c(Cl)c([N+](=O)[O-])c2)C1. The molecule has 1 amide bonds. The van der Waals surface area contributed by atoms with Crippen molar-refractivity contribution in [1.82, 2.24) is 4.90 Å². The normalized spacial score (nSPS) is 14.7. The smallest absolute Gasteiger partial charge is 0.303 e. The second-order valence-corrected chi connectivity index (χ2v) is 5.51. The number of hydrogen-bond donors (Lipinski definition) is 1. The van der Waals surface area contributed by atoms with Gasteiger partial charge in [-0.1, -0.05) is 23.2 Å². The molecule has 1 aliphatic rings. The van der Waals surface area contributed by atoms with E-state index in [0.717, 1.165) is 6.07 Å². The van der Waals surface area contributed by atoms with Gasteiger partial charge in [0.25, 0.3) is 11.6 Å². The molecule has 1 heterocycles. The van der Waals surface area contributed by atoms with Crippen LogP contribution in [0.2, 0.25) is 10.0 Å². The predicted octanol–water partition coefficient (Wildman–Crippen LogP) is 2.45. The van der Waals surface area contributed by atoms with Crippen LogP contribution in [-0.4, -0.2) is 39.9 Å². The van der Waals surface area contributed by atoms with E-state index in [-0.39, 0.29) is 27.9 Å². The van der Waals surface area contributed by atoms with Gasteiger partial charge < -0.3 is 10.0 Å². The molecule has 21 heavy (non-hydrogen) atoms. The third-order valence-corrected chi connectivity index (χ3v) is 3.95. The number of amides is 1. The molecule has 0 bridgehead atoms. The Kier molecular flexibility index (Phi) is 4.34. The molecule has 1 fully saturated rings. The summed E-state index contributed by atoms with van der Waals surface area (Å²) in [5, 5.41) is 19.2. The highest BCUT2D eigenvalue weighted by molar-refractivity contribution is 6.43. The fraction of sp³-hybridized carbons (Fsp3) is 0.333. The number of nitro groups is 1. The number of halogens is 2. The van der Waals surface area contributed by atoms with E-state index in [1.807, 2.05) is 0 Å². The first-order valence-electron chi connectivity index (χ1n) is 5.94. The number of aliphatic carboxylic acids is 1. The number of likely N-dealkylation sites (tertiary alicyclic amines) is 1. The summed E-state index contributed by atoms with van der Waals surface area (Å²) in [6.45, 7) is 0.609.